The summed E-state index contributed by atoms with van der Waals surface area (Å²) in [6.45, 7) is 3.25. The Morgan fingerprint density at radius 1 is 1.57 bits per heavy atom. The van der Waals surface area contributed by atoms with Gasteiger partial charge >= 0.3 is 0 Å². The molecule has 0 amide bonds. The monoisotopic (exact) mass is 197 g/mol. The highest BCUT2D eigenvalue weighted by Gasteiger charge is 2.08. The van der Waals surface area contributed by atoms with Gasteiger partial charge in [0, 0.05) is 6.04 Å². The number of hydrogen-bond acceptors (Lipinski definition) is 3. The number of aromatic nitrogens is 2. The molecule has 0 saturated heterocycles. The number of hydrogen-bond donors (Lipinski definition) is 1. The van der Waals surface area contributed by atoms with Crippen LogP contribution in [-0.4, -0.2) is 40.2 Å². The molecule has 4 heteroatoms. The van der Waals surface area contributed by atoms with Gasteiger partial charge in [0.05, 0.1) is 24.8 Å². The minimum atomic E-state index is 0.0618. The van der Waals surface area contributed by atoms with Gasteiger partial charge < -0.3 is 14.6 Å². The predicted molar refractivity (Wildman–Crippen MR) is 56.0 cm³/mol. The molecular formula is C10H19N3O. The molecule has 0 aliphatic heterocycles. The van der Waals surface area contributed by atoms with Crippen molar-refractivity contribution in [2.75, 3.05) is 20.6 Å². The number of nitrogens with zero attached hydrogens (tertiary/aromatic N) is 3. The third-order valence-electron chi connectivity index (χ3n) is 2.38. The van der Waals surface area contributed by atoms with Crippen molar-refractivity contribution in [2.45, 2.75) is 26.0 Å². The molecule has 1 N–H and O–H groups in total. The second-order valence-electron chi connectivity index (χ2n) is 3.89. The Labute approximate surface area is 85.2 Å². The molecule has 0 radical (unpaired) electrons. The van der Waals surface area contributed by atoms with Crippen molar-refractivity contribution >= 4 is 0 Å². The molecule has 1 aromatic rings. The summed E-state index contributed by atoms with van der Waals surface area (Å²) >= 11 is 0. The summed E-state index contributed by atoms with van der Waals surface area (Å²) in [4.78, 5) is 6.19. The van der Waals surface area contributed by atoms with E-state index in [1.54, 1.807) is 12.5 Å². The first-order valence-corrected chi connectivity index (χ1v) is 4.91. The minimum Gasteiger partial charge on any atom is -0.390 e. The molecule has 1 atom stereocenters. The lowest BCUT2D eigenvalue weighted by atomic mass is 10.2. The van der Waals surface area contributed by atoms with Crippen LogP contribution in [0.25, 0.3) is 0 Å². The molecule has 14 heavy (non-hydrogen) atoms. The van der Waals surface area contributed by atoms with Crippen molar-refractivity contribution in [1.82, 2.24) is 14.5 Å². The van der Waals surface area contributed by atoms with Crippen LogP contribution in [0, 0.1) is 0 Å². The van der Waals surface area contributed by atoms with Gasteiger partial charge in [0.2, 0.25) is 0 Å². The molecule has 1 aromatic heterocycles. The number of aliphatic hydroxyl groups excluding tert-OH is 1. The normalized spacial score (nSPS) is 13.5. The van der Waals surface area contributed by atoms with Crippen LogP contribution in [0.15, 0.2) is 12.5 Å². The largest absolute Gasteiger partial charge is 0.390 e. The number of aliphatic hydroxyl groups is 1. The zero-order chi connectivity index (χ0) is 10.6. The first-order chi connectivity index (χ1) is 6.65. The average molecular weight is 197 g/mol. The van der Waals surface area contributed by atoms with E-state index in [4.69, 9.17) is 5.11 Å². The quantitative estimate of drug-likeness (QED) is 0.762. The molecule has 80 valence electrons. The van der Waals surface area contributed by atoms with Crippen LogP contribution < -0.4 is 0 Å². The van der Waals surface area contributed by atoms with E-state index in [9.17, 15) is 0 Å². The topological polar surface area (TPSA) is 41.3 Å². The third-order valence-corrected chi connectivity index (χ3v) is 2.38. The molecule has 1 unspecified atom stereocenters. The van der Waals surface area contributed by atoms with Crippen LogP contribution in [0.1, 0.15) is 25.1 Å². The summed E-state index contributed by atoms with van der Waals surface area (Å²) in [6, 6.07) is 0.391. The molecule has 1 heterocycles. The van der Waals surface area contributed by atoms with E-state index >= 15 is 0 Å². The zero-order valence-electron chi connectivity index (χ0n) is 9.14. The van der Waals surface area contributed by atoms with E-state index in [-0.39, 0.29) is 6.61 Å². The van der Waals surface area contributed by atoms with E-state index in [1.165, 1.54) is 0 Å². The summed E-state index contributed by atoms with van der Waals surface area (Å²) in [6.07, 6.45) is 4.56. The Morgan fingerprint density at radius 3 is 2.86 bits per heavy atom. The van der Waals surface area contributed by atoms with Gasteiger partial charge in [0.15, 0.2) is 0 Å². The maximum absolute atomic E-state index is 9.06. The van der Waals surface area contributed by atoms with Crippen molar-refractivity contribution in [3.8, 4) is 0 Å². The molecule has 0 saturated carbocycles. The standard InChI is InChI=1S/C10H19N3O/c1-9(4-5-12(2)3)13-8-11-6-10(13)7-14/h6,8-9,14H,4-5,7H2,1-3H3. The fourth-order valence-corrected chi connectivity index (χ4v) is 1.44. The molecule has 0 aromatic carbocycles. The van der Waals surface area contributed by atoms with Crippen molar-refractivity contribution in [1.29, 1.82) is 0 Å². The first kappa shape index (κ1) is 11.2. The van der Waals surface area contributed by atoms with Crippen molar-refractivity contribution < 1.29 is 5.11 Å². The second-order valence-corrected chi connectivity index (χ2v) is 3.89. The molecule has 0 bridgehead atoms. The lowest BCUT2D eigenvalue weighted by molar-refractivity contribution is 0.263. The van der Waals surface area contributed by atoms with E-state index in [1.807, 2.05) is 4.57 Å². The van der Waals surface area contributed by atoms with Gasteiger partial charge in [-0.15, -0.1) is 0 Å². The maximum atomic E-state index is 9.06. The Kier molecular flexibility index (Phi) is 4.10. The van der Waals surface area contributed by atoms with Gasteiger partial charge in [-0.25, -0.2) is 4.98 Å². The molecule has 0 aliphatic carbocycles. The van der Waals surface area contributed by atoms with Crippen LogP contribution in [-0.2, 0) is 6.61 Å². The van der Waals surface area contributed by atoms with Gasteiger partial charge in [-0.1, -0.05) is 0 Å². The predicted octanol–water partition coefficient (Wildman–Crippen LogP) is 0.888. The van der Waals surface area contributed by atoms with Crippen LogP contribution in [0.2, 0.25) is 0 Å². The van der Waals surface area contributed by atoms with Crippen molar-refractivity contribution in [2.24, 2.45) is 0 Å². The number of imidazole rings is 1. The van der Waals surface area contributed by atoms with Gasteiger partial charge in [0.1, 0.15) is 0 Å². The lowest BCUT2D eigenvalue weighted by Crippen LogP contribution is -2.18. The summed E-state index contributed by atoms with van der Waals surface area (Å²) in [5.74, 6) is 0. The smallest absolute Gasteiger partial charge is 0.0951 e. The Morgan fingerprint density at radius 2 is 2.29 bits per heavy atom. The summed E-state index contributed by atoms with van der Waals surface area (Å²) in [7, 11) is 4.13. The van der Waals surface area contributed by atoms with E-state index in [0.717, 1.165) is 18.7 Å². The molecule has 0 fully saturated rings. The van der Waals surface area contributed by atoms with E-state index < -0.39 is 0 Å². The molecular weight excluding hydrogens is 178 g/mol. The van der Waals surface area contributed by atoms with Crippen LogP contribution in [0.3, 0.4) is 0 Å². The van der Waals surface area contributed by atoms with E-state index in [0.29, 0.717) is 6.04 Å². The maximum Gasteiger partial charge on any atom is 0.0951 e. The fraction of sp³-hybridized carbons (Fsp3) is 0.700. The van der Waals surface area contributed by atoms with Gasteiger partial charge in [-0.05, 0) is 34.0 Å². The van der Waals surface area contributed by atoms with Gasteiger partial charge in [-0.3, -0.25) is 0 Å². The molecule has 4 nitrogen and oxygen atoms in total. The summed E-state index contributed by atoms with van der Waals surface area (Å²) < 4.78 is 2.03. The zero-order valence-corrected chi connectivity index (χ0v) is 9.14. The fourth-order valence-electron chi connectivity index (χ4n) is 1.44. The van der Waals surface area contributed by atoms with Gasteiger partial charge in [0.25, 0.3) is 0 Å². The highest BCUT2D eigenvalue weighted by Crippen LogP contribution is 2.13. The SMILES string of the molecule is CC(CCN(C)C)n1cncc1CO. The molecule has 0 spiro atoms. The lowest BCUT2D eigenvalue weighted by Gasteiger charge is -2.18. The molecule has 0 aliphatic rings. The van der Waals surface area contributed by atoms with E-state index in [2.05, 4.69) is 30.9 Å². The highest BCUT2D eigenvalue weighted by molar-refractivity contribution is 4.97. The first-order valence-electron chi connectivity index (χ1n) is 4.91. The minimum absolute atomic E-state index is 0.0618. The second kappa shape index (κ2) is 5.12. The van der Waals surface area contributed by atoms with Crippen LogP contribution in [0.4, 0.5) is 0 Å². The average Bonchev–Trinajstić information content (AvgIpc) is 2.61. The molecule has 1 rings (SSSR count). The number of rotatable bonds is 5. The third kappa shape index (κ3) is 2.82. The van der Waals surface area contributed by atoms with Crippen LogP contribution in [0.5, 0.6) is 0 Å². The Bertz CT molecular complexity index is 270. The summed E-state index contributed by atoms with van der Waals surface area (Å²) in [5, 5.41) is 9.06. The van der Waals surface area contributed by atoms with Crippen molar-refractivity contribution in [3.05, 3.63) is 18.2 Å². The summed E-state index contributed by atoms with van der Waals surface area (Å²) in [5.41, 5.74) is 0.885. The Hall–Kier alpha value is -0.870. The highest BCUT2D eigenvalue weighted by atomic mass is 16.3. The Balaban J connectivity index is 2.55. The van der Waals surface area contributed by atoms with Crippen molar-refractivity contribution in [3.63, 3.8) is 0 Å². The van der Waals surface area contributed by atoms with Gasteiger partial charge in [-0.2, -0.15) is 0 Å². The van der Waals surface area contributed by atoms with Crippen LogP contribution >= 0.6 is 0 Å².